The average Bonchev–Trinajstić information content (AvgIpc) is 2.80. The molecule has 2 rings (SSSR count). The summed E-state index contributed by atoms with van der Waals surface area (Å²) < 4.78 is 53.8. The van der Waals surface area contributed by atoms with Gasteiger partial charge in [0.15, 0.2) is 0 Å². The molecule has 0 bridgehead atoms. The van der Waals surface area contributed by atoms with Crippen molar-refractivity contribution in [1.82, 2.24) is 14.5 Å². The summed E-state index contributed by atoms with van der Waals surface area (Å²) in [7, 11) is -4.38. The third-order valence-corrected chi connectivity index (χ3v) is 6.08. The van der Waals surface area contributed by atoms with Crippen LogP contribution in [0.5, 0.6) is 0 Å². The maximum absolute atomic E-state index is 12.3. The Bertz CT molecular complexity index is 884. The van der Waals surface area contributed by atoms with Gasteiger partial charge in [0.25, 0.3) is 10.0 Å². The molecular weight excluding hydrogens is 328 g/mol. The predicted octanol–water partition coefficient (Wildman–Crippen LogP) is 0.437. The molecule has 0 atom stereocenters. The van der Waals surface area contributed by atoms with Crippen molar-refractivity contribution in [3.63, 3.8) is 0 Å². The van der Waals surface area contributed by atoms with E-state index in [4.69, 9.17) is 0 Å². The number of rotatable bonds is 5. The Morgan fingerprint density at radius 2 is 1.64 bits per heavy atom. The minimum absolute atomic E-state index is 0.0514. The zero-order chi connectivity index (χ0) is 16.5. The third kappa shape index (κ3) is 3.13. The van der Waals surface area contributed by atoms with E-state index in [-0.39, 0.29) is 15.5 Å². The highest BCUT2D eigenvalue weighted by atomic mass is 32.2. The fraction of sp³-hybridized carbons (Fsp3) is 0.250. The van der Waals surface area contributed by atoms with Gasteiger partial charge >= 0.3 is 0 Å². The normalized spacial score (nSPS) is 12.3. The number of nitrogens with one attached hydrogen (secondary N) is 2. The van der Waals surface area contributed by atoms with Gasteiger partial charge in [-0.2, -0.15) is 5.10 Å². The minimum atomic E-state index is -3.78. The van der Waals surface area contributed by atoms with Crippen LogP contribution in [-0.4, -0.2) is 33.7 Å². The molecule has 1 aromatic heterocycles. The lowest BCUT2D eigenvalue weighted by Crippen LogP contribution is -2.18. The fourth-order valence-corrected chi connectivity index (χ4v) is 3.77. The van der Waals surface area contributed by atoms with Crippen LogP contribution in [0.4, 0.5) is 5.69 Å². The predicted molar refractivity (Wildman–Crippen MR) is 81.4 cm³/mol. The summed E-state index contributed by atoms with van der Waals surface area (Å²) in [5.74, 6) is 0. The highest BCUT2D eigenvalue weighted by Gasteiger charge is 2.20. The Labute approximate surface area is 129 Å². The summed E-state index contributed by atoms with van der Waals surface area (Å²) in [6.07, 6.45) is 1.26. The molecule has 1 aromatic carbocycles. The van der Waals surface area contributed by atoms with Crippen molar-refractivity contribution >= 4 is 25.7 Å². The van der Waals surface area contributed by atoms with Gasteiger partial charge in [-0.1, -0.05) is 0 Å². The first kappa shape index (κ1) is 16.5. The van der Waals surface area contributed by atoms with Crippen molar-refractivity contribution < 1.29 is 16.8 Å². The molecule has 0 spiro atoms. The Kier molecular flexibility index (Phi) is 4.27. The molecule has 0 unspecified atom stereocenters. The number of aryl methyl sites for hydroxylation is 1. The number of sulfonamides is 2. The summed E-state index contributed by atoms with van der Waals surface area (Å²) in [5, 5.41) is 3.89. The van der Waals surface area contributed by atoms with E-state index in [9.17, 15) is 16.8 Å². The average molecular weight is 344 g/mol. The van der Waals surface area contributed by atoms with Crippen molar-refractivity contribution in [2.45, 2.75) is 16.7 Å². The van der Waals surface area contributed by atoms with Gasteiger partial charge in [-0.15, -0.1) is 0 Å². The van der Waals surface area contributed by atoms with Gasteiger partial charge in [-0.25, -0.2) is 21.6 Å². The van der Waals surface area contributed by atoms with E-state index in [0.717, 1.165) is 0 Å². The molecular formula is C12H16N4O4S2. The Morgan fingerprint density at radius 3 is 2.09 bits per heavy atom. The second kappa shape index (κ2) is 5.71. The van der Waals surface area contributed by atoms with Crippen molar-refractivity contribution in [2.24, 2.45) is 7.05 Å². The van der Waals surface area contributed by atoms with Crippen molar-refractivity contribution in [2.75, 3.05) is 11.8 Å². The largest absolute Gasteiger partial charge is 0.280 e. The van der Waals surface area contributed by atoms with E-state index in [1.165, 1.54) is 42.2 Å². The second-order valence-corrected chi connectivity index (χ2v) is 8.09. The van der Waals surface area contributed by atoms with Crippen LogP contribution in [0.2, 0.25) is 0 Å². The summed E-state index contributed by atoms with van der Waals surface area (Å²) in [6, 6.07) is 5.40. The fourth-order valence-electron chi connectivity index (χ4n) is 1.77. The van der Waals surface area contributed by atoms with Crippen molar-refractivity contribution in [3.8, 4) is 0 Å². The van der Waals surface area contributed by atoms with E-state index in [1.807, 2.05) is 0 Å². The molecule has 0 fully saturated rings. The molecule has 0 aliphatic heterocycles. The van der Waals surface area contributed by atoms with Gasteiger partial charge in [0.2, 0.25) is 10.0 Å². The SMILES string of the molecule is CNS(=O)(=O)c1ccc(NS(=O)(=O)c2cnn(C)c2C)cc1. The number of hydrogen-bond acceptors (Lipinski definition) is 5. The number of anilines is 1. The van der Waals surface area contributed by atoms with Crippen LogP contribution < -0.4 is 9.44 Å². The molecule has 0 aliphatic rings. The molecule has 22 heavy (non-hydrogen) atoms. The lowest BCUT2D eigenvalue weighted by atomic mass is 10.3. The topological polar surface area (TPSA) is 110 Å². The second-order valence-electron chi connectivity index (χ2n) is 4.56. The number of aromatic nitrogens is 2. The Balaban J connectivity index is 2.30. The highest BCUT2D eigenvalue weighted by molar-refractivity contribution is 7.92. The quantitative estimate of drug-likeness (QED) is 0.818. The maximum atomic E-state index is 12.3. The Hall–Kier alpha value is -1.91. The lowest BCUT2D eigenvalue weighted by Gasteiger charge is -2.08. The summed E-state index contributed by atoms with van der Waals surface area (Å²) in [4.78, 5) is 0.123. The number of benzene rings is 1. The molecule has 2 N–H and O–H groups in total. The van der Waals surface area contributed by atoms with Crippen LogP contribution in [0.1, 0.15) is 5.69 Å². The highest BCUT2D eigenvalue weighted by Crippen LogP contribution is 2.20. The smallest absolute Gasteiger partial charge is 0.265 e. The summed E-state index contributed by atoms with van der Waals surface area (Å²) in [5.41, 5.74) is 0.764. The van der Waals surface area contributed by atoms with Crippen LogP contribution in [0.25, 0.3) is 0 Å². The first-order chi connectivity index (χ1) is 10.2. The maximum Gasteiger partial charge on any atom is 0.265 e. The van der Waals surface area contributed by atoms with Crippen LogP contribution in [0, 0.1) is 6.92 Å². The van der Waals surface area contributed by atoms with E-state index in [1.54, 1.807) is 14.0 Å². The molecule has 8 nitrogen and oxygen atoms in total. The number of nitrogens with zero attached hydrogens (tertiary/aromatic N) is 2. The third-order valence-electron chi connectivity index (χ3n) is 3.17. The summed E-state index contributed by atoms with van der Waals surface area (Å²) in [6.45, 7) is 1.64. The molecule has 0 amide bonds. The van der Waals surface area contributed by atoms with Gasteiger partial charge in [0.05, 0.1) is 16.8 Å². The van der Waals surface area contributed by atoms with Gasteiger partial charge in [0.1, 0.15) is 4.90 Å². The van der Waals surface area contributed by atoms with E-state index < -0.39 is 20.0 Å². The van der Waals surface area contributed by atoms with Gasteiger partial charge < -0.3 is 0 Å². The molecule has 10 heteroatoms. The molecule has 2 aromatic rings. The lowest BCUT2D eigenvalue weighted by molar-refractivity contribution is 0.588. The van der Waals surface area contributed by atoms with Crippen molar-refractivity contribution in [3.05, 3.63) is 36.2 Å². The van der Waals surface area contributed by atoms with Crippen LogP contribution in [0.15, 0.2) is 40.3 Å². The van der Waals surface area contributed by atoms with E-state index >= 15 is 0 Å². The summed E-state index contributed by atoms with van der Waals surface area (Å²) >= 11 is 0. The van der Waals surface area contributed by atoms with Crippen LogP contribution in [0.3, 0.4) is 0 Å². The van der Waals surface area contributed by atoms with Gasteiger partial charge in [-0.3, -0.25) is 9.40 Å². The van der Waals surface area contributed by atoms with Crippen LogP contribution >= 0.6 is 0 Å². The van der Waals surface area contributed by atoms with Crippen LogP contribution in [-0.2, 0) is 27.1 Å². The zero-order valence-corrected chi connectivity index (χ0v) is 13.9. The monoisotopic (exact) mass is 344 g/mol. The molecule has 0 radical (unpaired) electrons. The van der Waals surface area contributed by atoms with Gasteiger partial charge in [-0.05, 0) is 38.2 Å². The van der Waals surface area contributed by atoms with E-state index in [2.05, 4.69) is 14.5 Å². The minimum Gasteiger partial charge on any atom is -0.280 e. The molecule has 1 heterocycles. The molecule has 0 saturated heterocycles. The molecule has 120 valence electrons. The molecule has 0 aliphatic carbocycles. The zero-order valence-electron chi connectivity index (χ0n) is 12.2. The number of hydrogen-bond donors (Lipinski definition) is 2. The Morgan fingerprint density at radius 1 is 1.05 bits per heavy atom. The standard InChI is InChI=1S/C12H16N4O4S2/c1-9-12(8-14-16(9)3)22(19,20)15-10-4-6-11(7-5-10)21(17,18)13-2/h4-8,13,15H,1-3H3. The first-order valence-electron chi connectivity index (χ1n) is 6.22. The van der Waals surface area contributed by atoms with Gasteiger partial charge in [0, 0.05) is 12.7 Å². The van der Waals surface area contributed by atoms with E-state index in [0.29, 0.717) is 5.69 Å². The first-order valence-corrected chi connectivity index (χ1v) is 9.19. The molecule has 0 saturated carbocycles. The van der Waals surface area contributed by atoms with Crippen molar-refractivity contribution in [1.29, 1.82) is 0 Å².